The molecule has 0 heterocycles. The SMILES string of the molecule is CC=C[C@H](O)[C@@](O)(CF)COP(=O)(OCOC(=O)C(C)C)OCOC(=O)C(C)C. The van der Waals surface area contributed by atoms with Gasteiger partial charge in [-0.15, -0.1) is 0 Å². The lowest BCUT2D eigenvalue weighted by molar-refractivity contribution is -0.158. The lowest BCUT2D eigenvalue weighted by atomic mass is 9.99. The lowest BCUT2D eigenvalue weighted by Crippen LogP contribution is -2.47. The van der Waals surface area contributed by atoms with Gasteiger partial charge in [0, 0.05) is 0 Å². The van der Waals surface area contributed by atoms with E-state index in [-0.39, 0.29) is 0 Å². The second kappa shape index (κ2) is 13.0. The molecule has 2 atom stereocenters. The Morgan fingerprint density at radius 3 is 1.83 bits per heavy atom. The Morgan fingerprint density at radius 1 is 1.03 bits per heavy atom. The minimum absolute atomic E-state index is 0.487. The van der Waals surface area contributed by atoms with E-state index in [1.807, 2.05) is 0 Å². The quantitative estimate of drug-likeness (QED) is 0.177. The summed E-state index contributed by atoms with van der Waals surface area (Å²) in [6.45, 7) is 3.66. The first-order valence-electron chi connectivity index (χ1n) is 8.87. The van der Waals surface area contributed by atoms with Gasteiger partial charge in [0.05, 0.1) is 18.4 Å². The third-order valence-corrected chi connectivity index (χ3v) is 4.68. The zero-order chi connectivity index (χ0) is 22.7. The summed E-state index contributed by atoms with van der Waals surface area (Å²) in [4.78, 5) is 22.9. The molecule has 12 heteroatoms. The summed E-state index contributed by atoms with van der Waals surface area (Å²) in [5.41, 5.74) is -2.45. The van der Waals surface area contributed by atoms with Gasteiger partial charge in [-0.25, -0.2) is 18.0 Å². The molecule has 0 aromatic rings. The lowest BCUT2D eigenvalue weighted by Gasteiger charge is -2.29. The predicted molar refractivity (Wildman–Crippen MR) is 99.1 cm³/mol. The van der Waals surface area contributed by atoms with Crippen LogP contribution < -0.4 is 0 Å². The number of carbonyl (C=O) groups is 2. The van der Waals surface area contributed by atoms with Crippen LogP contribution in [0.2, 0.25) is 0 Å². The van der Waals surface area contributed by atoms with E-state index in [0.717, 1.165) is 6.08 Å². The number of alkyl halides is 1. The Hall–Kier alpha value is -1.36. The highest BCUT2D eigenvalue weighted by molar-refractivity contribution is 7.48. The van der Waals surface area contributed by atoms with Gasteiger partial charge in [0.2, 0.25) is 13.6 Å². The molecule has 0 amide bonds. The van der Waals surface area contributed by atoms with Gasteiger partial charge < -0.3 is 19.7 Å². The fraction of sp³-hybridized carbons (Fsp3) is 0.765. The van der Waals surface area contributed by atoms with E-state index in [4.69, 9.17) is 23.0 Å². The van der Waals surface area contributed by atoms with Gasteiger partial charge in [0.1, 0.15) is 18.4 Å². The summed E-state index contributed by atoms with van der Waals surface area (Å²) in [5, 5.41) is 20.0. The number of hydrogen-bond donors (Lipinski definition) is 2. The van der Waals surface area contributed by atoms with Gasteiger partial charge >= 0.3 is 19.8 Å². The number of ether oxygens (including phenoxy) is 2. The standard InChI is InChI=1S/C17H30FO10P/c1-6-7-14(19)17(22,8-18)9-26-29(23,27-10-24-15(20)12(2)3)28-11-25-16(21)13(4)5/h6-7,12-14,19,22H,8-11H2,1-5H3/t14-,17+/m0/s1. The molecule has 2 N–H and O–H groups in total. The summed E-state index contributed by atoms with van der Waals surface area (Å²) in [5.74, 6) is -2.29. The van der Waals surface area contributed by atoms with Crippen molar-refractivity contribution in [3.8, 4) is 0 Å². The molecule has 0 rings (SSSR count). The van der Waals surface area contributed by atoms with Gasteiger partial charge in [-0.3, -0.25) is 14.1 Å². The molecule has 0 unspecified atom stereocenters. The zero-order valence-electron chi connectivity index (χ0n) is 17.2. The van der Waals surface area contributed by atoms with Crippen LogP contribution in [-0.4, -0.2) is 60.7 Å². The van der Waals surface area contributed by atoms with E-state index in [1.165, 1.54) is 13.0 Å². The maximum absolute atomic E-state index is 13.3. The van der Waals surface area contributed by atoms with Crippen molar-refractivity contribution in [2.45, 2.75) is 46.3 Å². The van der Waals surface area contributed by atoms with Crippen LogP contribution in [0.15, 0.2) is 12.2 Å². The fourth-order valence-electron chi connectivity index (χ4n) is 1.50. The summed E-state index contributed by atoms with van der Waals surface area (Å²) in [7, 11) is -4.58. The normalized spacial score (nSPS) is 15.5. The first kappa shape index (κ1) is 27.6. The number of phosphoric acid groups is 1. The first-order valence-corrected chi connectivity index (χ1v) is 10.3. The summed E-state index contributed by atoms with van der Waals surface area (Å²) >= 11 is 0. The van der Waals surface area contributed by atoms with Gasteiger partial charge in [-0.1, -0.05) is 39.8 Å². The first-order chi connectivity index (χ1) is 13.4. The molecule has 0 saturated carbocycles. The monoisotopic (exact) mass is 444 g/mol. The van der Waals surface area contributed by atoms with Crippen LogP contribution >= 0.6 is 7.82 Å². The molecule has 0 saturated heterocycles. The van der Waals surface area contributed by atoms with Crippen molar-refractivity contribution in [2.24, 2.45) is 11.8 Å². The molecule has 170 valence electrons. The molecule has 0 bridgehead atoms. The Balaban J connectivity index is 5.11. The van der Waals surface area contributed by atoms with Crippen molar-refractivity contribution < 1.29 is 51.8 Å². The Bertz CT molecular complexity index is 565. The van der Waals surface area contributed by atoms with E-state index in [9.17, 15) is 28.8 Å². The number of phosphoric ester groups is 1. The largest absolute Gasteiger partial charge is 0.480 e. The van der Waals surface area contributed by atoms with Crippen LogP contribution in [-0.2, 0) is 37.2 Å². The minimum Gasteiger partial charge on any atom is -0.438 e. The van der Waals surface area contributed by atoms with Crippen molar-refractivity contribution in [3.05, 3.63) is 12.2 Å². The number of halogens is 1. The van der Waals surface area contributed by atoms with Crippen LogP contribution in [0.3, 0.4) is 0 Å². The molecule has 0 spiro atoms. The van der Waals surface area contributed by atoms with Gasteiger partial charge in [0.25, 0.3) is 0 Å². The molecule has 0 aromatic carbocycles. The zero-order valence-corrected chi connectivity index (χ0v) is 18.1. The van der Waals surface area contributed by atoms with Crippen molar-refractivity contribution in [3.63, 3.8) is 0 Å². The molecule has 10 nitrogen and oxygen atoms in total. The number of rotatable bonds is 14. The van der Waals surface area contributed by atoms with Crippen LogP contribution in [0.5, 0.6) is 0 Å². The molecule has 0 aromatic heterocycles. The van der Waals surface area contributed by atoms with Crippen LogP contribution in [0.25, 0.3) is 0 Å². The molecular formula is C17H30FO10P. The maximum atomic E-state index is 13.3. The van der Waals surface area contributed by atoms with E-state index >= 15 is 0 Å². The molecule has 0 aliphatic carbocycles. The number of aliphatic hydroxyl groups is 2. The van der Waals surface area contributed by atoms with E-state index < -0.39 is 70.2 Å². The average Bonchev–Trinajstić information content (AvgIpc) is 2.66. The number of hydrogen-bond acceptors (Lipinski definition) is 10. The second-order valence-corrected chi connectivity index (χ2v) is 8.33. The predicted octanol–water partition coefficient (Wildman–Crippen LogP) is 2.10. The third-order valence-electron chi connectivity index (χ3n) is 3.40. The minimum atomic E-state index is -4.58. The molecule has 29 heavy (non-hydrogen) atoms. The maximum Gasteiger partial charge on any atom is 0.480 e. The Morgan fingerprint density at radius 2 is 1.48 bits per heavy atom. The molecule has 0 radical (unpaired) electrons. The third kappa shape index (κ3) is 10.3. The summed E-state index contributed by atoms with van der Waals surface area (Å²) in [6, 6.07) is 0. The Kier molecular flexibility index (Phi) is 12.4. The topological polar surface area (TPSA) is 138 Å². The van der Waals surface area contributed by atoms with E-state index in [0.29, 0.717) is 0 Å². The molecule has 0 fully saturated rings. The van der Waals surface area contributed by atoms with Crippen LogP contribution in [0, 0.1) is 11.8 Å². The number of aliphatic hydroxyl groups excluding tert-OH is 1. The molecule has 0 aliphatic heterocycles. The average molecular weight is 444 g/mol. The molecular weight excluding hydrogens is 414 g/mol. The number of carbonyl (C=O) groups excluding carboxylic acids is 2. The van der Waals surface area contributed by atoms with Crippen LogP contribution in [0.4, 0.5) is 4.39 Å². The highest BCUT2D eigenvalue weighted by Gasteiger charge is 2.39. The highest BCUT2D eigenvalue weighted by atomic mass is 31.2. The van der Waals surface area contributed by atoms with Crippen molar-refractivity contribution in [2.75, 3.05) is 26.9 Å². The summed E-state index contributed by atoms with van der Waals surface area (Å²) < 4.78 is 49.9. The van der Waals surface area contributed by atoms with Gasteiger partial charge in [-0.2, -0.15) is 0 Å². The van der Waals surface area contributed by atoms with Crippen LogP contribution in [0.1, 0.15) is 34.6 Å². The fourth-order valence-corrected chi connectivity index (χ4v) is 2.47. The molecule has 0 aliphatic rings. The summed E-state index contributed by atoms with van der Waals surface area (Å²) in [6.07, 6.45) is 0.794. The van der Waals surface area contributed by atoms with Gasteiger partial charge in [0.15, 0.2) is 0 Å². The Labute approximate surface area is 169 Å². The number of esters is 2. The van der Waals surface area contributed by atoms with Crippen molar-refractivity contribution in [1.82, 2.24) is 0 Å². The van der Waals surface area contributed by atoms with Gasteiger partial charge in [-0.05, 0) is 6.92 Å². The van der Waals surface area contributed by atoms with E-state index in [2.05, 4.69) is 0 Å². The smallest absolute Gasteiger partial charge is 0.438 e. The van der Waals surface area contributed by atoms with Crippen molar-refractivity contribution >= 4 is 19.8 Å². The second-order valence-electron chi connectivity index (χ2n) is 6.66. The highest BCUT2D eigenvalue weighted by Crippen LogP contribution is 2.50. The number of allylic oxidation sites excluding steroid dienone is 1. The van der Waals surface area contributed by atoms with E-state index in [1.54, 1.807) is 27.7 Å². The van der Waals surface area contributed by atoms with Crippen molar-refractivity contribution in [1.29, 1.82) is 0 Å².